The number of halogens is 1. The van der Waals surface area contributed by atoms with Crippen molar-refractivity contribution in [2.24, 2.45) is 0 Å². The number of benzene rings is 1. The summed E-state index contributed by atoms with van der Waals surface area (Å²) < 4.78 is 14.0. The van der Waals surface area contributed by atoms with Crippen LogP contribution in [-0.2, 0) is 6.42 Å². The van der Waals surface area contributed by atoms with Crippen LogP contribution in [0, 0.1) is 5.82 Å². The minimum atomic E-state index is -0.0865. The zero-order valence-corrected chi connectivity index (χ0v) is 12.7. The summed E-state index contributed by atoms with van der Waals surface area (Å²) in [5.74, 6) is -0.0865. The quantitative estimate of drug-likeness (QED) is 0.845. The summed E-state index contributed by atoms with van der Waals surface area (Å²) in [6, 6.07) is 7.40. The maximum Gasteiger partial charge on any atom is 0.126 e. The summed E-state index contributed by atoms with van der Waals surface area (Å²) in [7, 11) is 0. The van der Waals surface area contributed by atoms with Gasteiger partial charge in [-0.3, -0.25) is 0 Å². The molecule has 1 nitrogen and oxygen atoms in total. The molecular formula is C16H24FNS. The normalized spacial score (nSPS) is 19.5. The van der Waals surface area contributed by atoms with Gasteiger partial charge in [0, 0.05) is 17.3 Å². The first kappa shape index (κ1) is 14.9. The van der Waals surface area contributed by atoms with E-state index < -0.39 is 0 Å². The van der Waals surface area contributed by atoms with E-state index in [9.17, 15) is 4.39 Å². The van der Waals surface area contributed by atoms with Crippen LogP contribution in [0.5, 0.6) is 0 Å². The molecule has 1 unspecified atom stereocenters. The standard InChI is InChI=1S/C16H24FNS/c1-13(11-14-7-3-4-8-15(14)17)18-12-16(19-2)9-5-6-10-16/h3-4,7-8,13,18H,5-6,9-12H2,1-2H3. The van der Waals surface area contributed by atoms with Crippen molar-refractivity contribution in [2.75, 3.05) is 12.8 Å². The van der Waals surface area contributed by atoms with Gasteiger partial charge in [0.1, 0.15) is 5.82 Å². The smallest absolute Gasteiger partial charge is 0.126 e. The molecule has 1 atom stereocenters. The summed E-state index contributed by atoms with van der Waals surface area (Å²) in [6.07, 6.45) is 8.31. The van der Waals surface area contributed by atoms with Gasteiger partial charge in [-0.1, -0.05) is 31.0 Å². The minimum absolute atomic E-state index is 0.0865. The molecule has 0 saturated heterocycles. The molecule has 106 valence electrons. The molecule has 2 rings (SSSR count). The van der Waals surface area contributed by atoms with E-state index in [0.29, 0.717) is 10.8 Å². The second kappa shape index (κ2) is 6.76. The number of thioether (sulfide) groups is 1. The first-order chi connectivity index (χ1) is 9.15. The van der Waals surface area contributed by atoms with Crippen molar-refractivity contribution < 1.29 is 4.39 Å². The van der Waals surface area contributed by atoms with Gasteiger partial charge < -0.3 is 5.32 Å². The molecule has 1 aliphatic carbocycles. The van der Waals surface area contributed by atoms with Crippen molar-refractivity contribution in [1.82, 2.24) is 5.32 Å². The summed E-state index contributed by atoms with van der Waals surface area (Å²) in [4.78, 5) is 0. The third-order valence-electron chi connectivity index (χ3n) is 4.20. The molecule has 0 spiro atoms. The van der Waals surface area contributed by atoms with E-state index in [0.717, 1.165) is 18.5 Å². The molecule has 0 aromatic heterocycles. The van der Waals surface area contributed by atoms with Crippen molar-refractivity contribution in [1.29, 1.82) is 0 Å². The fraction of sp³-hybridized carbons (Fsp3) is 0.625. The number of hydrogen-bond acceptors (Lipinski definition) is 2. The van der Waals surface area contributed by atoms with Gasteiger partial charge in [0.15, 0.2) is 0 Å². The lowest BCUT2D eigenvalue weighted by Gasteiger charge is -2.29. The largest absolute Gasteiger partial charge is 0.313 e. The number of hydrogen-bond donors (Lipinski definition) is 1. The Labute approximate surface area is 120 Å². The Morgan fingerprint density at radius 2 is 2.00 bits per heavy atom. The lowest BCUT2D eigenvalue weighted by molar-refractivity contribution is 0.468. The predicted octanol–water partition coefficient (Wildman–Crippen LogP) is 4.02. The third-order valence-corrected chi connectivity index (χ3v) is 5.62. The van der Waals surface area contributed by atoms with E-state index in [1.807, 2.05) is 23.9 Å². The van der Waals surface area contributed by atoms with Crippen LogP contribution >= 0.6 is 11.8 Å². The van der Waals surface area contributed by atoms with E-state index >= 15 is 0 Å². The predicted molar refractivity (Wildman–Crippen MR) is 82.3 cm³/mol. The highest BCUT2D eigenvalue weighted by atomic mass is 32.2. The second-order valence-corrected chi connectivity index (χ2v) is 6.95. The third kappa shape index (κ3) is 3.96. The van der Waals surface area contributed by atoms with Gasteiger partial charge in [0.05, 0.1) is 0 Å². The van der Waals surface area contributed by atoms with E-state index in [4.69, 9.17) is 0 Å². The maximum absolute atomic E-state index is 13.6. The molecule has 1 aromatic carbocycles. The van der Waals surface area contributed by atoms with E-state index in [2.05, 4.69) is 18.5 Å². The number of nitrogens with one attached hydrogen (secondary N) is 1. The van der Waals surface area contributed by atoms with Crippen LogP contribution in [0.25, 0.3) is 0 Å². The zero-order chi connectivity index (χ0) is 13.7. The molecule has 0 bridgehead atoms. The highest BCUT2D eigenvalue weighted by Gasteiger charge is 2.32. The van der Waals surface area contributed by atoms with Gasteiger partial charge >= 0.3 is 0 Å². The van der Waals surface area contributed by atoms with Crippen LogP contribution in [-0.4, -0.2) is 23.6 Å². The first-order valence-electron chi connectivity index (χ1n) is 7.17. The highest BCUT2D eigenvalue weighted by Crippen LogP contribution is 2.39. The van der Waals surface area contributed by atoms with E-state index in [1.165, 1.54) is 25.7 Å². The minimum Gasteiger partial charge on any atom is -0.313 e. The highest BCUT2D eigenvalue weighted by molar-refractivity contribution is 8.00. The lowest BCUT2D eigenvalue weighted by Crippen LogP contribution is -2.40. The Balaban J connectivity index is 1.84. The molecular weight excluding hydrogens is 257 g/mol. The van der Waals surface area contributed by atoms with Gasteiger partial charge in [-0.05, 0) is 44.1 Å². The van der Waals surface area contributed by atoms with Gasteiger partial charge in [0.25, 0.3) is 0 Å². The van der Waals surface area contributed by atoms with Gasteiger partial charge in [0.2, 0.25) is 0 Å². The Bertz CT molecular complexity index is 401. The van der Waals surface area contributed by atoms with Crippen LogP contribution in [0.2, 0.25) is 0 Å². The maximum atomic E-state index is 13.6. The Kier molecular flexibility index (Phi) is 5.28. The van der Waals surface area contributed by atoms with Crippen molar-refractivity contribution in [3.05, 3.63) is 35.6 Å². The summed E-state index contributed by atoms with van der Waals surface area (Å²) in [5.41, 5.74) is 0.812. The Hall–Kier alpha value is -0.540. The molecule has 1 fully saturated rings. The Morgan fingerprint density at radius 3 is 2.63 bits per heavy atom. The fourth-order valence-electron chi connectivity index (χ4n) is 2.90. The first-order valence-corrected chi connectivity index (χ1v) is 8.40. The molecule has 1 aromatic rings. The van der Waals surface area contributed by atoms with E-state index in [-0.39, 0.29) is 5.82 Å². The SMILES string of the molecule is CSC1(CNC(C)Cc2ccccc2F)CCCC1. The summed E-state index contributed by atoms with van der Waals surface area (Å²) in [6.45, 7) is 3.19. The average Bonchev–Trinajstić information content (AvgIpc) is 2.89. The number of rotatable bonds is 6. The molecule has 0 amide bonds. The average molecular weight is 281 g/mol. The zero-order valence-electron chi connectivity index (χ0n) is 11.9. The summed E-state index contributed by atoms with van der Waals surface area (Å²) >= 11 is 1.99. The molecule has 0 radical (unpaired) electrons. The van der Waals surface area contributed by atoms with Crippen LogP contribution in [0.4, 0.5) is 4.39 Å². The van der Waals surface area contributed by atoms with Crippen molar-refractivity contribution >= 4 is 11.8 Å². The van der Waals surface area contributed by atoms with Crippen LogP contribution in [0.3, 0.4) is 0 Å². The van der Waals surface area contributed by atoms with E-state index in [1.54, 1.807) is 12.1 Å². The van der Waals surface area contributed by atoms with Gasteiger partial charge in [-0.2, -0.15) is 11.8 Å². The Morgan fingerprint density at radius 1 is 1.32 bits per heavy atom. The molecule has 0 heterocycles. The summed E-state index contributed by atoms with van der Waals surface area (Å²) in [5, 5.41) is 3.60. The van der Waals surface area contributed by atoms with Gasteiger partial charge in [-0.25, -0.2) is 4.39 Å². The second-order valence-electron chi connectivity index (χ2n) is 5.67. The van der Waals surface area contributed by atoms with Crippen molar-refractivity contribution in [3.8, 4) is 0 Å². The van der Waals surface area contributed by atoms with Crippen LogP contribution in [0.1, 0.15) is 38.2 Å². The fourth-order valence-corrected chi connectivity index (χ4v) is 3.82. The monoisotopic (exact) mass is 281 g/mol. The van der Waals surface area contributed by atoms with Crippen LogP contribution < -0.4 is 5.32 Å². The molecule has 0 aliphatic heterocycles. The lowest BCUT2D eigenvalue weighted by atomic mass is 10.0. The van der Waals surface area contributed by atoms with Crippen molar-refractivity contribution in [2.45, 2.75) is 49.8 Å². The molecule has 1 N–H and O–H groups in total. The molecule has 19 heavy (non-hydrogen) atoms. The topological polar surface area (TPSA) is 12.0 Å². The van der Waals surface area contributed by atoms with Gasteiger partial charge in [-0.15, -0.1) is 0 Å². The van der Waals surface area contributed by atoms with Crippen molar-refractivity contribution in [3.63, 3.8) is 0 Å². The van der Waals surface area contributed by atoms with Crippen LogP contribution in [0.15, 0.2) is 24.3 Å². The molecule has 1 saturated carbocycles. The molecule has 1 aliphatic rings. The molecule has 3 heteroatoms.